The fourth-order valence-electron chi connectivity index (χ4n) is 1.37. The normalized spacial score (nSPS) is 10.1. The first kappa shape index (κ1) is 11.2. The van der Waals surface area contributed by atoms with Gasteiger partial charge in [0.1, 0.15) is 0 Å². The molecule has 0 amide bonds. The van der Waals surface area contributed by atoms with Crippen LogP contribution in [0.5, 0.6) is 0 Å². The topological polar surface area (TPSA) is 12.9 Å². The molecule has 0 radical (unpaired) electrons. The first-order chi connectivity index (χ1) is 6.79. The summed E-state index contributed by atoms with van der Waals surface area (Å²) in [5.74, 6) is 0.566. The standard InChI is InChI=1S/C10H11NS.C2H6/c1-7(2)8-4-3-5-9-10(8)11-6-12-9;1-2/h3-7H,1-2H3;1-2H3. The molecule has 0 atom stereocenters. The van der Waals surface area contributed by atoms with Crippen molar-refractivity contribution >= 4 is 21.6 Å². The van der Waals surface area contributed by atoms with Crippen LogP contribution in [0.3, 0.4) is 0 Å². The summed E-state index contributed by atoms with van der Waals surface area (Å²) >= 11 is 1.71. The maximum atomic E-state index is 4.36. The van der Waals surface area contributed by atoms with E-state index in [9.17, 15) is 0 Å². The highest BCUT2D eigenvalue weighted by Crippen LogP contribution is 2.26. The Morgan fingerprint density at radius 1 is 1.21 bits per heavy atom. The molecule has 1 nitrogen and oxygen atoms in total. The van der Waals surface area contributed by atoms with Crippen LogP contribution < -0.4 is 0 Å². The van der Waals surface area contributed by atoms with Crippen molar-refractivity contribution in [2.75, 3.05) is 0 Å². The molecule has 0 aliphatic heterocycles. The first-order valence-corrected chi connectivity index (χ1v) is 5.99. The molecular weight excluding hydrogens is 190 g/mol. The molecule has 0 saturated carbocycles. The molecule has 1 aromatic heterocycles. The summed E-state index contributed by atoms with van der Waals surface area (Å²) in [5.41, 5.74) is 4.45. The zero-order valence-corrected chi connectivity index (χ0v) is 10.1. The number of rotatable bonds is 1. The van der Waals surface area contributed by atoms with Crippen molar-refractivity contribution in [2.24, 2.45) is 0 Å². The molecule has 1 heterocycles. The van der Waals surface area contributed by atoms with Gasteiger partial charge in [-0.3, -0.25) is 0 Å². The Labute approximate surface area is 89.8 Å². The lowest BCUT2D eigenvalue weighted by molar-refractivity contribution is 0.873. The zero-order chi connectivity index (χ0) is 10.6. The van der Waals surface area contributed by atoms with Crippen LogP contribution in [0.25, 0.3) is 10.2 Å². The Balaban J connectivity index is 0.000000461. The monoisotopic (exact) mass is 207 g/mol. The fraction of sp³-hybridized carbons (Fsp3) is 0.417. The van der Waals surface area contributed by atoms with E-state index in [1.54, 1.807) is 11.3 Å². The third-order valence-corrected chi connectivity index (χ3v) is 2.81. The van der Waals surface area contributed by atoms with Gasteiger partial charge in [0, 0.05) is 0 Å². The van der Waals surface area contributed by atoms with E-state index in [1.807, 2.05) is 19.4 Å². The zero-order valence-electron chi connectivity index (χ0n) is 9.24. The van der Waals surface area contributed by atoms with E-state index >= 15 is 0 Å². The van der Waals surface area contributed by atoms with Gasteiger partial charge in [-0.25, -0.2) is 4.98 Å². The minimum absolute atomic E-state index is 0.566. The van der Waals surface area contributed by atoms with Crippen molar-refractivity contribution in [1.82, 2.24) is 4.98 Å². The predicted octanol–water partition coefficient (Wildman–Crippen LogP) is 4.45. The van der Waals surface area contributed by atoms with Gasteiger partial charge in [-0.2, -0.15) is 0 Å². The lowest BCUT2D eigenvalue weighted by atomic mass is 10.0. The summed E-state index contributed by atoms with van der Waals surface area (Å²) in [6.45, 7) is 8.41. The van der Waals surface area contributed by atoms with Crippen LogP contribution in [0.2, 0.25) is 0 Å². The molecule has 0 N–H and O–H groups in total. The number of para-hydroxylation sites is 1. The molecule has 0 aliphatic rings. The number of benzene rings is 1. The summed E-state index contributed by atoms with van der Waals surface area (Å²) in [7, 11) is 0. The van der Waals surface area contributed by atoms with Crippen LogP contribution in [0.1, 0.15) is 39.2 Å². The lowest BCUT2D eigenvalue weighted by Gasteiger charge is -2.04. The third kappa shape index (κ3) is 2.13. The van der Waals surface area contributed by atoms with Crippen LogP contribution in [0.4, 0.5) is 0 Å². The molecule has 0 saturated heterocycles. The van der Waals surface area contributed by atoms with Crippen LogP contribution >= 0.6 is 11.3 Å². The van der Waals surface area contributed by atoms with Crippen LogP contribution in [0.15, 0.2) is 23.7 Å². The largest absolute Gasteiger partial charge is 0.244 e. The Morgan fingerprint density at radius 2 is 1.93 bits per heavy atom. The first-order valence-electron chi connectivity index (χ1n) is 5.11. The summed E-state index contributed by atoms with van der Waals surface area (Å²) in [4.78, 5) is 4.36. The van der Waals surface area contributed by atoms with Crippen LogP contribution in [-0.4, -0.2) is 4.98 Å². The van der Waals surface area contributed by atoms with Crippen molar-refractivity contribution in [2.45, 2.75) is 33.6 Å². The molecule has 0 aliphatic carbocycles. The fourth-order valence-corrected chi connectivity index (χ4v) is 2.09. The van der Waals surface area contributed by atoms with E-state index < -0.39 is 0 Å². The number of hydrogen-bond donors (Lipinski definition) is 0. The van der Waals surface area contributed by atoms with Gasteiger partial charge < -0.3 is 0 Å². The van der Waals surface area contributed by atoms with Crippen LogP contribution in [0, 0.1) is 0 Å². The van der Waals surface area contributed by atoms with Gasteiger partial charge in [0.2, 0.25) is 0 Å². The van der Waals surface area contributed by atoms with Crippen molar-refractivity contribution in [3.05, 3.63) is 29.3 Å². The highest BCUT2D eigenvalue weighted by atomic mass is 32.1. The van der Waals surface area contributed by atoms with Gasteiger partial charge in [0.05, 0.1) is 15.7 Å². The van der Waals surface area contributed by atoms with E-state index in [0.29, 0.717) is 5.92 Å². The summed E-state index contributed by atoms with van der Waals surface area (Å²) < 4.78 is 1.29. The van der Waals surface area contributed by atoms with Gasteiger partial charge in [-0.1, -0.05) is 39.8 Å². The molecule has 2 rings (SSSR count). The second kappa shape index (κ2) is 5.11. The van der Waals surface area contributed by atoms with E-state index in [1.165, 1.54) is 15.8 Å². The average molecular weight is 207 g/mol. The molecule has 2 heteroatoms. The predicted molar refractivity (Wildman–Crippen MR) is 65.1 cm³/mol. The maximum Gasteiger partial charge on any atom is 0.0846 e. The average Bonchev–Trinajstić information content (AvgIpc) is 2.67. The Bertz CT molecular complexity index is 390. The molecule has 14 heavy (non-hydrogen) atoms. The molecule has 2 aromatic rings. The van der Waals surface area contributed by atoms with E-state index in [4.69, 9.17) is 0 Å². The number of thiazole rings is 1. The molecule has 0 bridgehead atoms. The van der Waals surface area contributed by atoms with Gasteiger partial charge in [-0.05, 0) is 17.5 Å². The summed E-state index contributed by atoms with van der Waals surface area (Å²) in [5, 5.41) is 0. The minimum atomic E-state index is 0.566. The van der Waals surface area contributed by atoms with E-state index in [0.717, 1.165) is 0 Å². The summed E-state index contributed by atoms with van der Waals surface area (Å²) in [6, 6.07) is 6.39. The third-order valence-electron chi connectivity index (χ3n) is 2.01. The Morgan fingerprint density at radius 3 is 2.57 bits per heavy atom. The number of aromatic nitrogens is 1. The number of hydrogen-bond acceptors (Lipinski definition) is 2. The number of nitrogens with zero attached hydrogens (tertiary/aromatic N) is 1. The van der Waals surface area contributed by atoms with Crippen molar-refractivity contribution in [1.29, 1.82) is 0 Å². The molecule has 0 fully saturated rings. The van der Waals surface area contributed by atoms with Gasteiger partial charge in [0.25, 0.3) is 0 Å². The second-order valence-electron chi connectivity index (χ2n) is 3.20. The van der Waals surface area contributed by atoms with Crippen molar-refractivity contribution < 1.29 is 0 Å². The summed E-state index contributed by atoms with van der Waals surface area (Å²) in [6.07, 6.45) is 0. The van der Waals surface area contributed by atoms with Gasteiger partial charge >= 0.3 is 0 Å². The molecule has 0 unspecified atom stereocenters. The van der Waals surface area contributed by atoms with E-state index in [-0.39, 0.29) is 0 Å². The quantitative estimate of drug-likeness (QED) is 0.673. The minimum Gasteiger partial charge on any atom is -0.244 e. The Kier molecular flexibility index (Phi) is 4.08. The molecule has 0 spiro atoms. The smallest absolute Gasteiger partial charge is 0.0846 e. The maximum absolute atomic E-state index is 4.36. The van der Waals surface area contributed by atoms with Crippen molar-refractivity contribution in [3.63, 3.8) is 0 Å². The SMILES string of the molecule is CC.CC(C)c1cccc2scnc12. The van der Waals surface area contributed by atoms with Gasteiger partial charge in [-0.15, -0.1) is 11.3 Å². The molecular formula is C12H17NS. The molecule has 76 valence electrons. The highest BCUT2D eigenvalue weighted by Gasteiger charge is 2.05. The van der Waals surface area contributed by atoms with Crippen molar-refractivity contribution in [3.8, 4) is 0 Å². The highest BCUT2D eigenvalue weighted by molar-refractivity contribution is 7.16. The lowest BCUT2D eigenvalue weighted by Crippen LogP contribution is -1.87. The Hall–Kier alpha value is -0.890. The second-order valence-corrected chi connectivity index (χ2v) is 4.09. The van der Waals surface area contributed by atoms with Crippen LogP contribution in [-0.2, 0) is 0 Å². The number of fused-ring (bicyclic) bond motifs is 1. The van der Waals surface area contributed by atoms with Gasteiger partial charge in [0.15, 0.2) is 0 Å². The molecule has 1 aromatic carbocycles. The van der Waals surface area contributed by atoms with E-state index in [2.05, 4.69) is 37.0 Å².